The number of benzene rings is 2. The number of rotatable bonds is 7. The van der Waals surface area contributed by atoms with Crippen molar-refractivity contribution < 1.29 is 14.3 Å². The van der Waals surface area contributed by atoms with Crippen LogP contribution < -0.4 is 14.8 Å². The summed E-state index contributed by atoms with van der Waals surface area (Å²) in [4.78, 5) is 12.3. The minimum atomic E-state index is -0.153. The number of amides is 1. The molecule has 0 aliphatic heterocycles. The molecule has 0 aliphatic carbocycles. The first kappa shape index (κ1) is 18.8. The molecule has 0 atom stereocenters. The van der Waals surface area contributed by atoms with Gasteiger partial charge in [-0.1, -0.05) is 42.1 Å². The molecular formula is C19H20N4O3S. The van der Waals surface area contributed by atoms with E-state index in [1.807, 2.05) is 41.9 Å². The summed E-state index contributed by atoms with van der Waals surface area (Å²) in [6, 6.07) is 15.0. The summed E-state index contributed by atoms with van der Waals surface area (Å²) in [6.07, 6.45) is 0. The summed E-state index contributed by atoms with van der Waals surface area (Å²) in [5, 5.41) is 11.9. The van der Waals surface area contributed by atoms with Gasteiger partial charge in [0, 0.05) is 36.5 Å². The molecule has 0 saturated heterocycles. The Kier molecular flexibility index (Phi) is 5.97. The fourth-order valence-electron chi connectivity index (χ4n) is 2.49. The minimum absolute atomic E-state index is 0.153. The second-order valence-corrected chi connectivity index (χ2v) is 6.61. The van der Waals surface area contributed by atoms with Gasteiger partial charge >= 0.3 is 0 Å². The number of nitrogens with zero attached hydrogens (tertiary/aromatic N) is 3. The smallest absolute Gasteiger partial charge is 0.234 e. The first-order chi connectivity index (χ1) is 13.1. The van der Waals surface area contributed by atoms with Crippen LogP contribution in [0, 0.1) is 0 Å². The molecule has 140 valence electrons. The second-order valence-electron chi connectivity index (χ2n) is 5.67. The SMILES string of the molecule is COc1cc(NC(=O)CSc2nnc(-c3ccccc3)n2C)cc(OC)c1. The van der Waals surface area contributed by atoms with E-state index >= 15 is 0 Å². The van der Waals surface area contributed by atoms with Gasteiger partial charge in [0.25, 0.3) is 0 Å². The van der Waals surface area contributed by atoms with Gasteiger partial charge in [-0.15, -0.1) is 10.2 Å². The van der Waals surface area contributed by atoms with Crippen LogP contribution in [-0.4, -0.2) is 40.6 Å². The van der Waals surface area contributed by atoms with Gasteiger partial charge in [0.1, 0.15) is 11.5 Å². The van der Waals surface area contributed by atoms with Crippen LogP contribution in [0.4, 0.5) is 5.69 Å². The first-order valence-electron chi connectivity index (χ1n) is 8.21. The molecule has 1 aromatic heterocycles. The van der Waals surface area contributed by atoms with Crippen molar-refractivity contribution in [1.29, 1.82) is 0 Å². The van der Waals surface area contributed by atoms with E-state index in [1.165, 1.54) is 11.8 Å². The van der Waals surface area contributed by atoms with Crippen LogP contribution in [0.5, 0.6) is 11.5 Å². The number of thioether (sulfide) groups is 1. The van der Waals surface area contributed by atoms with E-state index in [1.54, 1.807) is 32.4 Å². The molecule has 1 heterocycles. The summed E-state index contributed by atoms with van der Waals surface area (Å²) in [5.74, 6) is 2.03. The number of hydrogen-bond donors (Lipinski definition) is 1. The molecule has 0 fully saturated rings. The maximum absolute atomic E-state index is 12.3. The highest BCUT2D eigenvalue weighted by molar-refractivity contribution is 7.99. The van der Waals surface area contributed by atoms with Gasteiger partial charge in [-0.05, 0) is 0 Å². The molecule has 1 amide bonds. The van der Waals surface area contributed by atoms with Crippen molar-refractivity contribution in [3.63, 3.8) is 0 Å². The van der Waals surface area contributed by atoms with Crippen LogP contribution in [0.2, 0.25) is 0 Å². The highest BCUT2D eigenvalue weighted by Gasteiger charge is 2.13. The lowest BCUT2D eigenvalue weighted by Crippen LogP contribution is -2.14. The third-order valence-electron chi connectivity index (χ3n) is 3.83. The largest absolute Gasteiger partial charge is 0.497 e. The van der Waals surface area contributed by atoms with Gasteiger partial charge in [-0.2, -0.15) is 0 Å². The average Bonchev–Trinajstić information content (AvgIpc) is 3.07. The predicted octanol–water partition coefficient (Wildman–Crippen LogP) is 3.23. The molecule has 2 aromatic carbocycles. The Hall–Kier alpha value is -3.00. The third-order valence-corrected chi connectivity index (χ3v) is 4.85. The standard InChI is InChI=1S/C19H20N4O3S/c1-23-18(13-7-5-4-6-8-13)21-22-19(23)27-12-17(24)20-14-9-15(25-2)11-16(10-14)26-3/h4-11H,12H2,1-3H3,(H,20,24). The lowest BCUT2D eigenvalue weighted by molar-refractivity contribution is -0.113. The Bertz CT molecular complexity index is 906. The normalized spacial score (nSPS) is 10.5. The molecule has 0 spiro atoms. The van der Waals surface area contributed by atoms with Gasteiger partial charge < -0.3 is 19.4 Å². The summed E-state index contributed by atoms with van der Waals surface area (Å²) in [7, 11) is 5.01. The Morgan fingerprint density at radius 1 is 1.07 bits per heavy atom. The Morgan fingerprint density at radius 2 is 1.74 bits per heavy atom. The van der Waals surface area contributed by atoms with Gasteiger partial charge in [-0.25, -0.2) is 0 Å². The van der Waals surface area contributed by atoms with E-state index in [-0.39, 0.29) is 11.7 Å². The lowest BCUT2D eigenvalue weighted by atomic mass is 10.2. The van der Waals surface area contributed by atoms with Crippen molar-refractivity contribution in [3.05, 3.63) is 48.5 Å². The van der Waals surface area contributed by atoms with E-state index < -0.39 is 0 Å². The van der Waals surface area contributed by atoms with Crippen molar-refractivity contribution in [2.75, 3.05) is 25.3 Å². The van der Waals surface area contributed by atoms with Crippen LogP contribution in [0.1, 0.15) is 0 Å². The Labute approximate surface area is 161 Å². The molecule has 0 unspecified atom stereocenters. The number of anilines is 1. The van der Waals surface area contributed by atoms with Crippen LogP contribution in [0.25, 0.3) is 11.4 Å². The molecule has 27 heavy (non-hydrogen) atoms. The Balaban J connectivity index is 1.64. The van der Waals surface area contributed by atoms with Gasteiger partial charge in [0.2, 0.25) is 5.91 Å². The highest BCUT2D eigenvalue weighted by atomic mass is 32.2. The molecule has 0 saturated carbocycles. The monoisotopic (exact) mass is 384 g/mol. The van der Waals surface area contributed by atoms with Crippen molar-refractivity contribution >= 4 is 23.4 Å². The highest BCUT2D eigenvalue weighted by Crippen LogP contribution is 2.26. The zero-order valence-corrected chi connectivity index (χ0v) is 16.1. The van der Waals surface area contributed by atoms with E-state index in [4.69, 9.17) is 9.47 Å². The van der Waals surface area contributed by atoms with E-state index in [0.717, 1.165) is 11.4 Å². The van der Waals surface area contributed by atoms with E-state index in [0.29, 0.717) is 22.3 Å². The summed E-state index contributed by atoms with van der Waals surface area (Å²) in [5.41, 5.74) is 1.59. The van der Waals surface area contributed by atoms with Crippen LogP contribution in [0.15, 0.2) is 53.7 Å². The quantitative estimate of drug-likeness (QED) is 0.630. The number of carbonyl (C=O) groups is 1. The number of carbonyl (C=O) groups excluding carboxylic acids is 1. The van der Waals surface area contributed by atoms with Crippen molar-refractivity contribution in [3.8, 4) is 22.9 Å². The lowest BCUT2D eigenvalue weighted by Gasteiger charge is -2.09. The van der Waals surface area contributed by atoms with Gasteiger partial charge in [-0.3, -0.25) is 4.79 Å². The fourth-order valence-corrected chi connectivity index (χ4v) is 3.20. The van der Waals surface area contributed by atoms with E-state index in [2.05, 4.69) is 15.5 Å². The fraction of sp³-hybridized carbons (Fsp3) is 0.211. The van der Waals surface area contributed by atoms with Crippen LogP contribution >= 0.6 is 11.8 Å². The van der Waals surface area contributed by atoms with Crippen molar-refractivity contribution in [2.45, 2.75) is 5.16 Å². The van der Waals surface area contributed by atoms with Crippen molar-refractivity contribution in [2.24, 2.45) is 7.05 Å². The zero-order valence-electron chi connectivity index (χ0n) is 15.3. The molecule has 1 N–H and O–H groups in total. The number of hydrogen-bond acceptors (Lipinski definition) is 6. The predicted molar refractivity (Wildman–Crippen MR) is 105 cm³/mol. The third kappa shape index (κ3) is 4.59. The maximum Gasteiger partial charge on any atom is 0.234 e. The van der Waals surface area contributed by atoms with Crippen LogP contribution in [-0.2, 0) is 11.8 Å². The number of aromatic nitrogens is 3. The molecule has 3 rings (SSSR count). The van der Waals surface area contributed by atoms with E-state index in [9.17, 15) is 4.79 Å². The molecule has 0 radical (unpaired) electrons. The van der Waals surface area contributed by atoms with Gasteiger partial charge in [0.15, 0.2) is 11.0 Å². The summed E-state index contributed by atoms with van der Waals surface area (Å²) >= 11 is 1.32. The summed E-state index contributed by atoms with van der Waals surface area (Å²) in [6.45, 7) is 0. The molecule has 8 heteroatoms. The molecule has 3 aromatic rings. The molecule has 0 bridgehead atoms. The van der Waals surface area contributed by atoms with Crippen molar-refractivity contribution in [1.82, 2.24) is 14.8 Å². The Morgan fingerprint density at radius 3 is 2.37 bits per heavy atom. The number of ether oxygens (including phenoxy) is 2. The maximum atomic E-state index is 12.3. The molecule has 0 aliphatic rings. The number of nitrogens with one attached hydrogen (secondary N) is 1. The molecule has 7 nitrogen and oxygen atoms in total. The first-order valence-corrected chi connectivity index (χ1v) is 9.20. The summed E-state index contributed by atoms with van der Waals surface area (Å²) < 4.78 is 12.3. The average molecular weight is 384 g/mol. The topological polar surface area (TPSA) is 78.3 Å². The zero-order chi connectivity index (χ0) is 19.2. The van der Waals surface area contributed by atoms with Gasteiger partial charge in [0.05, 0.1) is 20.0 Å². The second kappa shape index (κ2) is 8.59. The minimum Gasteiger partial charge on any atom is -0.497 e. The molecular weight excluding hydrogens is 364 g/mol. The number of methoxy groups -OCH3 is 2. The van der Waals surface area contributed by atoms with Crippen LogP contribution in [0.3, 0.4) is 0 Å².